The molecule has 2 aromatic rings. The van der Waals surface area contributed by atoms with Crippen LogP contribution in [0.1, 0.15) is 18.5 Å². The highest BCUT2D eigenvalue weighted by Gasteiger charge is 2.18. The zero-order chi connectivity index (χ0) is 13.9. The molecule has 0 saturated carbocycles. The molecule has 0 spiro atoms. The first-order valence-electron chi connectivity index (χ1n) is 5.77. The number of hydrogen-bond donors (Lipinski definition) is 2. The van der Waals surface area contributed by atoms with Crippen LogP contribution in [0.5, 0.6) is 0 Å². The first-order chi connectivity index (χ1) is 8.99. The molecule has 3 N–H and O–H groups in total. The molecule has 1 atom stereocenters. The van der Waals surface area contributed by atoms with Crippen molar-refractivity contribution >= 4 is 15.7 Å². The van der Waals surface area contributed by atoms with Crippen molar-refractivity contribution in [2.24, 2.45) is 0 Å². The molecule has 1 aromatic heterocycles. The van der Waals surface area contributed by atoms with Crippen LogP contribution < -0.4 is 10.5 Å². The van der Waals surface area contributed by atoms with Gasteiger partial charge in [-0.05, 0) is 18.6 Å². The van der Waals surface area contributed by atoms with E-state index < -0.39 is 10.0 Å². The van der Waals surface area contributed by atoms with Crippen LogP contribution in [0.15, 0.2) is 53.7 Å². The smallest absolute Gasteiger partial charge is 0.242 e. The fourth-order valence-electron chi connectivity index (χ4n) is 1.69. The molecule has 5 nitrogen and oxygen atoms in total. The lowest BCUT2D eigenvalue weighted by Gasteiger charge is -2.14. The number of anilines is 1. The molecule has 0 amide bonds. The standard InChI is InChI=1S/C13H15N3O2S/c1-10(11-5-3-2-4-6-11)16-19(17,18)13-7-12(14)8-15-9-13/h2-10,16H,14H2,1H3. The van der Waals surface area contributed by atoms with Crippen LogP contribution in [-0.4, -0.2) is 13.4 Å². The summed E-state index contributed by atoms with van der Waals surface area (Å²) in [5.41, 5.74) is 6.75. The third-order valence-corrected chi connectivity index (χ3v) is 4.18. The lowest BCUT2D eigenvalue weighted by Crippen LogP contribution is -2.27. The molecular formula is C13H15N3O2S. The maximum Gasteiger partial charge on any atom is 0.242 e. The largest absolute Gasteiger partial charge is 0.397 e. The van der Waals surface area contributed by atoms with Gasteiger partial charge in [0.1, 0.15) is 4.90 Å². The SMILES string of the molecule is CC(NS(=O)(=O)c1cncc(N)c1)c1ccccc1. The third kappa shape index (κ3) is 3.30. The van der Waals surface area contributed by atoms with E-state index in [1.807, 2.05) is 30.3 Å². The summed E-state index contributed by atoms with van der Waals surface area (Å²) in [6, 6.07) is 10.4. The number of nitrogens with two attached hydrogens (primary N) is 1. The molecular weight excluding hydrogens is 262 g/mol. The van der Waals surface area contributed by atoms with Crippen molar-refractivity contribution in [3.8, 4) is 0 Å². The van der Waals surface area contributed by atoms with E-state index in [1.165, 1.54) is 18.5 Å². The Morgan fingerprint density at radius 2 is 1.89 bits per heavy atom. The number of nitrogens with zero attached hydrogens (tertiary/aromatic N) is 1. The Morgan fingerprint density at radius 3 is 2.53 bits per heavy atom. The number of sulfonamides is 1. The quantitative estimate of drug-likeness (QED) is 0.890. The van der Waals surface area contributed by atoms with Gasteiger partial charge in [0.25, 0.3) is 0 Å². The summed E-state index contributed by atoms with van der Waals surface area (Å²) in [7, 11) is -3.62. The Labute approximate surface area is 112 Å². The van der Waals surface area contributed by atoms with Gasteiger partial charge >= 0.3 is 0 Å². The van der Waals surface area contributed by atoms with Crippen molar-refractivity contribution in [3.05, 3.63) is 54.4 Å². The predicted octanol–water partition coefficient (Wildman–Crippen LogP) is 1.70. The lowest BCUT2D eigenvalue weighted by molar-refractivity contribution is 0.566. The minimum Gasteiger partial charge on any atom is -0.397 e. The molecule has 0 radical (unpaired) electrons. The number of nitrogen functional groups attached to an aromatic ring is 1. The van der Waals surface area contributed by atoms with Crippen molar-refractivity contribution in [3.63, 3.8) is 0 Å². The van der Waals surface area contributed by atoms with Crippen LogP contribution in [0.3, 0.4) is 0 Å². The molecule has 0 bridgehead atoms. The second-order valence-corrected chi connectivity index (χ2v) is 5.92. The number of aromatic nitrogens is 1. The molecule has 100 valence electrons. The Bertz CT molecular complexity index is 657. The highest BCUT2D eigenvalue weighted by atomic mass is 32.2. The summed E-state index contributed by atoms with van der Waals surface area (Å²) in [6.07, 6.45) is 2.68. The third-order valence-electron chi connectivity index (χ3n) is 2.68. The van der Waals surface area contributed by atoms with Crippen LogP contribution in [0.4, 0.5) is 5.69 Å². The van der Waals surface area contributed by atoms with Gasteiger partial charge in [0.05, 0.1) is 5.69 Å². The summed E-state index contributed by atoms with van der Waals surface area (Å²) in [6.45, 7) is 1.78. The van der Waals surface area contributed by atoms with E-state index in [0.717, 1.165) is 5.56 Å². The van der Waals surface area contributed by atoms with Gasteiger partial charge in [0, 0.05) is 18.4 Å². The molecule has 1 unspecified atom stereocenters. The normalized spacial score (nSPS) is 13.1. The highest BCUT2D eigenvalue weighted by Crippen LogP contribution is 2.17. The van der Waals surface area contributed by atoms with Crippen LogP contribution in [0.2, 0.25) is 0 Å². The minimum absolute atomic E-state index is 0.0651. The molecule has 0 aliphatic heterocycles. The van der Waals surface area contributed by atoms with Gasteiger partial charge in [-0.2, -0.15) is 0 Å². The number of benzene rings is 1. The minimum atomic E-state index is -3.62. The molecule has 1 heterocycles. The molecule has 6 heteroatoms. The second kappa shape index (κ2) is 5.38. The van der Waals surface area contributed by atoms with Crippen molar-refractivity contribution in [1.82, 2.24) is 9.71 Å². The van der Waals surface area contributed by atoms with E-state index >= 15 is 0 Å². The van der Waals surface area contributed by atoms with Gasteiger partial charge < -0.3 is 5.73 Å². The molecule has 2 rings (SSSR count). The van der Waals surface area contributed by atoms with Gasteiger partial charge in [0.15, 0.2) is 0 Å². The maximum absolute atomic E-state index is 12.2. The summed E-state index contributed by atoms with van der Waals surface area (Å²) >= 11 is 0. The van der Waals surface area contributed by atoms with E-state index in [2.05, 4.69) is 9.71 Å². The Morgan fingerprint density at radius 1 is 1.21 bits per heavy atom. The van der Waals surface area contributed by atoms with Crippen LogP contribution in [0.25, 0.3) is 0 Å². The average molecular weight is 277 g/mol. The van der Waals surface area contributed by atoms with Gasteiger partial charge in [-0.1, -0.05) is 30.3 Å². The predicted molar refractivity (Wildman–Crippen MR) is 73.8 cm³/mol. The van der Waals surface area contributed by atoms with E-state index in [1.54, 1.807) is 6.92 Å². The summed E-state index contributed by atoms with van der Waals surface area (Å²) in [5, 5.41) is 0. The van der Waals surface area contributed by atoms with Crippen LogP contribution in [0, 0.1) is 0 Å². The molecule has 0 saturated heterocycles. The molecule has 0 aliphatic rings. The summed E-state index contributed by atoms with van der Waals surface area (Å²) < 4.78 is 26.9. The highest BCUT2D eigenvalue weighted by molar-refractivity contribution is 7.89. The van der Waals surface area contributed by atoms with E-state index in [4.69, 9.17) is 5.73 Å². The second-order valence-electron chi connectivity index (χ2n) is 4.21. The fourth-order valence-corrected chi connectivity index (χ4v) is 2.92. The van der Waals surface area contributed by atoms with Crippen molar-refractivity contribution in [2.45, 2.75) is 17.9 Å². The number of pyridine rings is 1. The van der Waals surface area contributed by atoms with E-state index in [9.17, 15) is 8.42 Å². The van der Waals surface area contributed by atoms with Gasteiger partial charge in [-0.25, -0.2) is 13.1 Å². The average Bonchev–Trinajstić information content (AvgIpc) is 2.39. The van der Waals surface area contributed by atoms with Crippen molar-refractivity contribution in [1.29, 1.82) is 0 Å². The number of rotatable bonds is 4. The van der Waals surface area contributed by atoms with Gasteiger partial charge in [-0.15, -0.1) is 0 Å². The van der Waals surface area contributed by atoms with Crippen molar-refractivity contribution in [2.75, 3.05) is 5.73 Å². The van der Waals surface area contributed by atoms with Gasteiger partial charge in [0.2, 0.25) is 10.0 Å². The van der Waals surface area contributed by atoms with E-state index in [0.29, 0.717) is 5.69 Å². The first kappa shape index (κ1) is 13.5. The maximum atomic E-state index is 12.2. The first-order valence-corrected chi connectivity index (χ1v) is 7.25. The van der Waals surface area contributed by atoms with E-state index in [-0.39, 0.29) is 10.9 Å². The van der Waals surface area contributed by atoms with Crippen molar-refractivity contribution < 1.29 is 8.42 Å². The van der Waals surface area contributed by atoms with Gasteiger partial charge in [-0.3, -0.25) is 4.98 Å². The molecule has 19 heavy (non-hydrogen) atoms. The monoisotopic (exact) mass is 277 g/mol. The topological polar surface area (TPSA) is 85.1 Å². The molecule has 0 aliphatic carbocycles. The number of nitrogens with one attached hydrogen (secondary N) is 1. The van der Waals surface area contributed by atoms with Crippen LogP contribution in [-0.2, 0) is 10.0 Å². The fraction of sp³-hybridized carbons (Fsp3) is 0.154. The zero-order valence-corrected chi connectivity index (χ0v) is 11.3. The Balaban J connectivity index is 2.23. The summed E-state index contributed by atoms with van der Waals surface area (Å²) in [4.78, 5) is 3.85. The lowest BCUT2D eigenvalue weighted by atomic mass is 10.1. The Kier molecular flexibility index (Phi) is 3.82. The molecule has 1 aromatic carbocycles. The number of hydrogen-bond acceptors (Lipinski definition) is 4. The Hall–Kier alpha value is -1.92. The van der Waals surface area contributed by atoms with Crippen LogP contribution >= 0.6 is 0 Å². The summed E-state index contributed by atoms with van der Waals surface area (Å²) in [5.74, 6) is 0. The molecule has 0 fully saturated rings. The zero-order valence-electron chi connectivity index (χ0n) is 10.4.